The van der Waals surface area contributed by atoms with E-state index in [1.807, 2.05) is 61.0 Å². The molecule has 182 valence electrons. The van der Waals surface area contributed by atoms with Gasteiger partial charge < -0.3 is 19.9 Å². The Labute approximate surface area is 210 Å². The minimum Gasteiger partial charge on any atom is -0.383 e. The van der Waals surface area contributed by atoms with Gasteiger partial charge in [-0.1, -0.05) is 31.2 Å². The molecule has 4 rings (SSSR count). The fourth-order valence-corrected chi connectivity index (χ4v) is 4.58. The van der Waals surface area contributed by atoms with Crippen LogP contribution in [0.5, 0.6) is 0 Å². The summed E-state index contributed by atoms with van der Waals surface area (Å²) in [5, 5.41) is 7.28. The van der Waals surface area contributed by atoms with Crippen molar-refractivity contribution in [2.24, 2.45) is 0 Å². The number of thiocarbonyl (C=S) groups is 1. The maximum Gasteiger partial charge on any atom is 0.281 e. The van der Waals surface area contributed by atoms with Gasteiger partial charge in [-0.2, -0.15) is 0 Å². The first-order valence-electron chi connectivity index (χ1n) is 11.6. The summed E-state index contributed by atoms with van der Waals surface area (Å²) >= 11 is 5.50. The lowest BCUT2D eigenvalue weighted by molar-refractivity contribution is -0.121. The second-order valence-corrected chi connectivity index (χ2v) is 9.01. The van der Waals surface area contributed by atoms with Crippen LogP contribution in [0.15, 0.2) is 48.3 Å². The number of anilines is 1. The van der Waals surface area contributed by atoms with Gasteiger partial charge in [0.25, 0.3) is 5.91 Å². The third-order valence-corrected chi connectivity index (χ3v) is 6.55. The molecule has 8 heteroatoms. The van der Waals surface area contributed by atoms with Crippen molar-refractivity contribution in [1.82, 2.24) is 15.2 Å². The van der Waals surface area contributed by atoms with Gasteiger partial charge in [0.05, 0.1) is 17.8 Å². The summed E-state index contributed by atoms with van der Waals surface area (Å²) in [6.07, 6.45) is 4.56. The molecule has 0 radical (unpaired) electrons. The average molecular weight is 491 g/mol. The number of hydrogen-bond donors (Lipinski definition) is 2. The number of nitrogens with one attached hydrogen (secondary N) is 2. The lowest BCUT2D eigenvalue weighted by Gasteiger charge is -2.15. The summed E-state index contributed by atoms with van der Waals surface area (Å²) in [5.41, 5.74) is 6.36. The summed E-state index contributed by atoms with van der Waals surface area (Å²) in [4.78, 5) is 27.4. The van der Waals surface area contributed by atoms with E-state index in [9.17, 15) is 9.59 Å². The van der Waals surface area contributed by atoms with E-state index in [0.29, 0.717) is 24.0 Å². The van der Waals surface area contributed by atoms with Gasteiger partial charge >= 0.3 is 0 Å². The van der Waals surface area contributed by atoms with E-state index in [4.69, 9.17) is 17.0 Å². The van der Waals surface area contributed by atoms with Gasteiger partial charge in [0.1, 0.15) is 12.2 Å². The number of methoxy groups -OCH3 is 1. The third kappa shape index (κ3) is 4.99. The van der Waals surface area contributed by atoms with Crippen molar-refractivity contribution < 1.29 is 14.3 Å². The Kier molecular flexibility index (Phi) is 7.33. The molecule has 2 N–H and O–H groups in total. The van der Waals surface area contributed by atoms with Gasteiger partial charge in [-0.05, 0) is 67.4 Å². The van der Waals surface area contributed by atoms with Gasteiger partial charge in [-0.3, -0.25) is 14.5 Å². The van der Waals surface area contributed by atoms with Crippen LogP contribution in [0.3, 0.4) is 0 Å². The molecule has 1 aromatic heterocycles. The monoisotopic (exact) mass is 490 g/mol. The minimum absolute atomic E-state index is 0.0961. The highest BCUT2D eigenvalue weighted by Gasteiger charge is 2.32. The van der Waals surface area contributed by atoms with E-state index in [-0.39, 0.29) is 18.4 Å². The van der Waals surface area contributed by atoms with Crippen LogP contribution < -0.4 is 15.5 Å². The Morgan fingerprint density at radius 2 is 2.00 bits per heavy atom. The lowest BCUT2D eigenvalue weighted by atomic mass is 10.1. The molecular formula is C27H30N4O3S. The molecule has 2 aromatic carbocycles. The molecule has 1 fully saturated rings. The van der Waals surface area contributed by atoms with E-state index in [0.717, 1.165) is 45.3 Å². The van der Waals surface area contributed by atoms with E-state index in [2.05, 4.69) is 23.6 Å². The number of amides is 2. The summed E-state index contributed by atoms with van der Waals surface area (Å²) in [6.45, 7) is 7.22. The second-order valence-electron chi connectivity index (χ2n) is 8.62. The zero-order valence-corrected chi connectivity index (χ0v) is 21.3. The zero-order chi connectivity index (χ0) is 25.1. The van der Waals surface area contributed by atoms with Gasteiger partial charge in [0, 0.05) is 30.8 Å². The Balaban J connectivity index is 1.70. The number of aromatic nitrogens is 1. The van der Waals surface area contributed by atoms with Gasteiger partial charge in [-0.25, -0.2) is 0 Å². The Bertz CT molecular complexity index is 1340. The fourth-order valence-electron chi connectivity index (χ4n) is 4.28. The summed E-state index contributed by atoms with van der Waals surface area (Å²) in [6, 6.07) is 11.9. The number of rotatable bonds is 8. The van der Waals surface area contributed by atoms with Crippen LogP contribution in [0.25, 0.3) is 17.0 Å². The van der Waals surface area contributed by atoms with E-state index >= 15 is 0 Å². The molecular weight excluding hydrogens is 460 g/mol. The molecule has 1 aliphatic heterocycles. The third-order valence-electron chi connectivity index (χ3n) is 6.26. The van der Waals surface area contributed by atoms with Crippen LogP contribution in [0.4, 0.5) is 5.69 Å². The minimum atomic E-state index is -0.205. The average Bonchev–Trinajstić information content (AvgIpc) is 3.32. The first-order valence-corrected chi connectivity index (χ1v) is 12.1. The molecule has 1 aliphatic rings. The molecule has 0 bridgehead atoms. The van der Waals surface area contributed by atoms with Crippen LogP contribution in [-0.2, 0) is 27.3 Å². The molecule has 0 atom stereocenters. The fraction of sp³-hybridized carbons (Fsp3) is 0.296. The smallest absolute Gasteiger partial charge is 0.281 e. The SMILES string of the molecule is CCc1cccc2c(/C=C3\NC(=S)N(c4ccc(C)c(C)c4)C3=O)cn(CC(=O)NCCOC)c12. The van der Waals surface area contributed by atoms with Crippen molar-refractivity contribution in [3.05, 3.63) is 70.5 Å². The maximum atomic E-state index is 13.3. The van der Waals surface area contributed by atoms with E-state index < -0.39 is 0 Å². The molecule has 0 spiro atoms. The number of hydrogen-bond acceptors (Lipinski definition) is 4. The van der Waals surface area contributed by atoms with Crippen molar-refractivity contribution in [1.29, 1.82) is 0 Å². The molecule has 3 aromatic rings. The molecule has 0 aliphatic carbocycles. The van der Waals surface area contributed by atoms with Crippen molar-refractivity contribution >= 4 is 51.8 Å². The topological polar surface area (TPSA) is 75.6 Å². The predicted molar refractivity (Wildman–Crippen MR) is 143 cm³/mol. The van der Waals surface area contributed by atoms with Gasteiger partial charge in [0.15, 0.2) is 5.11 Å². The lowest BCUT2D eigenvalue weighted by Crippen LogP contribution is -2.30. The largest absolute Gasteiger partial charge is 0.383 e. The first-order chi connectivity index (χ1) is 16.8. The highest BCUT2D eigenvalue weighted by molar-refractivity contribution is 7.80. The second kappa shape index (κ2) is 10.4. The highest BCUT2D eigenvalue weighted by Crippen LogP contribution is 2.29. The maximum absolute atomic E-state index is 13.3. The van der Waals surface area contributed by atoms with E-state index in [1.54, 1.807) is 7.11 Å². The van der Waals surface area contributed by atoms with Crippen molar-refractivity contribution in [3.8, 4) is 0 Å². The Morgan fingerprint density at radius 3 is 2.71 bits per heavy atom. The number of carbonyl (C=O) groups excluding carboxylic acids is 2. The molecule has 0 unspecified atom stereocenters. The predicted octanol–water partition coefficient (Wildman–Crippen LogP) is 3.85. The van der Waals surface area contributed by atoms with Crippen LogP contribution in [-0.4, -0.2) is 41.8 Å². The van der Waals surface area contributed by atoms with Crippen LogP contribution in [0, 0.1) is 13.8 Å². The van der Waals surface area contributed by atoms with Crippen LogP contribution in [0.1, 0.15) is 29.2 Å². The molecule has 2 amide bonds. The van der Waals surface area contributed by atoms with Crippen molar-refractivity contribution in [3.63, 3.8) is 0 Å². The van der Waals surface area contributed by atoms with Gasteiger partial charge in [-0.15, -0.1) is 0 Å². The van der Waals surface area contributed by atoms with Crippen molar-refractivity contribution in [2.75, 3.05) is 25.2 Å². The summed E-state index contributed by atoms with van der Waals surface area (Å²) in [5.74, 6) is -0.302. The number of fused-ring (bicyclic) bond motifs is 1. The van der Waals surface area contributed by atoms with Crippen LogP contribution >= 0.6 is 12.2 Å². The highest BCUT2D eigenvalue weighted by atomic mass is 32.1. The Morgan fingerprint density at radius 1 is 1.20 bits per heavy atom. The zero-order valence-electron chi connectivity index (χ0n) is 20.5. The number of ether oxygens (including phenoxy) is 1. The summed E-state index contributed by atoms with van der Waals surface area (Å²) < 4.78 is 6.96. The number of benzene rings is 2. The molecule has 2 heterocycles. The number of nitrogens with zero attached hydrogens (tertiary/aromatic N) is 2. The number of para-hydroxylation sites is 1. The summed E-state index contributed by atoms with van der Waals surface area (Å²) in [7, 11) is 1.60. The number of aryl methyl sites for hydroxylation is 3. The Hall–Kier alpha value is -3.49. The standard InChI is InChI=1S/C27H30N4O3S/c1-5-19-7-6-8-22-20(15-30(25(19)22)16-24(32)28-11-12-34-4)14-23-26(33)31(27(35)29-23)21-10-9-17(2)18(3)13-21/h6-10,13-15H,5,11-12,16H2,1-4H3,(H,28,32)(H,29,35)/b23-14-. The van der Waals surface area contributed by atoms with Crippen LogP contribution in [0.2, 0.25) is 0 Å². The van der Waals surface area contributed by atoms with Gasteiger partial charge in [0.2, 0.25) is 5.91 Å². The van der Waals surface area contributed by atoms with Crippen molar-refractivity contribution in [2.45, 2.75) is 33.7 Å². The molecule has 0 saturated carbocycles. The molecule has 1 saturated heterocycles. The molecule has 35 heavy (non-hydrogen) atoms. The normalized spacial score (nSPS) is 14.7. The quantitative estimate of drug-likeness (QED) is 0.285. The number of carbonyl (C=O) groups is 2. The molecule has 7 nitrogen and oxygen atoms in total. The first kappa shape index (κ1) is 24.6. The van der Waals surface area contributed by atoms with E-state index in [1.165, 1.54) is 4.90 Å².